The van der Waals surface area contributed by atoms with Crippen LogP contribution >= 0.6 is 11.3 Å². The minimum Gasteiger partial charge on any atom is -0.497 e. The molecule has 2 atom stereocenters. The first-order chi connectivity index (χ1) is 15.5. The molecule has 2 aliphatic rings. The fraction of sp³-hybridized carbons (Fsp3) is 0.500. The number of anilines is 1. The standard InChI is InChI=1S/C24H30N4O4S/c1-14-10-23(3,4)13-24(11-14)20(30)28(22(31)27-24)12-18(29)25-21-26-19(15(2)33-21)16-6-8-17(32-5)9-7-16/h6-9,14H,10-13H2,1-5H3,(H,27,31)(H,25,26,29). The third-order valence-corrected chi connectivity index (χ3v) is 7.22. The number of hydrogen-bond donors (Lipinski definition) is 2. The number of ether oxygens (including phenoxy) is 1. The largest absolute Gasteiger partial charge is 0.497 e. The van der Waals surface area contributed by atoms with E-state index in [-0.39, 0.29) is 17.9 Å². The first kappa shape index (κ1) is 23.2. The molecular weight excluding hydrogens is 440 g/mol. The summed E-state index contributed by atoms with van der Waals surface area (Å²) < 4.78 is 5.19. The van der Waals surface area contributed by atoms with E-state index in [1.54, 1.807) is 7.11 Å². The van der Waals surface area contributed by atoms with E-state index in [9.17, 15) is 14.4 Å². The number of nitrogens with one attached hydrogen (secondary N) is 2. The van der Waals surface area contributed by atoms with E-state index in [2.05, 4.69) is 36.4 Å². The lowest BCUT2D eigenvalue weighted by atomic mass is 9.64. The average Bonchev–Trinajstić information content (AvgIpc) is 3.18. The highest BCUT2D eigenvalue weighted by Crippen LogP contribution is 2.46. The van der Waals surface area contributed by atoms with E-state index in [1.807, 2.05) is 31.2 Å². The lowest BCUT2D eigenvalue weighted by molar-refractivity contribution is -0.136. The van der Waals surface area contributed by atoms with Gasteiger partial charge in [0.05, 0.1) is 12.8 Å². The monoisotopic (exact) mass is 470 g/mol. The number of aromatic nitrogens is 1. The van der Waals surface area contributed by atoms with Crippen LogP contribution in [0.15, 0.2) is 24.3 Å². The minimum atomic E-state index is -0.919. The van der Waals surface area contributed by atoms with Crippen LogP contribution in [0.1, 0.15) is 44.9 Å². The number of rotatable bonds is 5. The van der Waals surface area contributed by atoms with Crippen molar-refractivity contribution >= 4 is 34.3 Å². The molecule has 1 aromatic heterocycles. The fourth-order valence-corrected chi connectivity index (χ4v) is 6.27. The van der Waals surface area contributed by atoms with E-state index in [1.165, 1.54) is 11.3 Å². The molecule has 2 fully saturated rings. The highest BCUT2D eigenvalue weighted by molar-refractivity contribution is 7.16. The van der Waals surface area contributed by atoms with Crippen molar-refractivity contribution in [3.8, 4) is 17.0 Å². The first-order valence-electron chi connectivity index (χ1n) is 11.1. The lowest BCUT2D eigenvalue weighted by Gasteiger charge is -2.43. The van der Waals surface area contributed by atoms with Crippen LogP contribution in [0.3, 0.4) is 0 Å². The van der Waals surface area contributed by atoms with Gasteiger partial charge in [-0.15, -0.1) is 11.3 Å². The van der Waals surface area contributed by atoms with Gasteiger partial charge in [0.2, 0.25) is 5.91 Å². The van der Waals surface area contributed by atoms with Gasteiger partial charge in [-0.1, -0.05) is 20.8 Å². The number of thiazole rings is 1. The van der Waals surface area contributed by atoms with Crippen LogP contribution in [-0.4, -0.2) is 46.9 Å². The Bertz CT molecular complexity index is 1090. The quantitative estimate of drug-likeness (QED) is 0.638. The van der Waals surface area contributed by atoms with E-state index in [0.29, 0.717) is 23.9 Å². The van der Waals surface area contributed by atoms with Crippen LogP contribution in [0.4, 0.5) is 9.93 Å². The molecule has 0 bridgehead atoms. The van der Waals surface area contributed by atoms with Gasteiger partial charge in [0.25, 0.3) is 5.91 Å². The summed E-state index contributed by atoms with van der Waals surface area (Å²) in [5, 5.41) is 6.08. The van der Waals surface area contributed by atoms with Gasteiger partial charge in [0, 0.05) is 10.4 Å². The Kier molecular flexibility index (Phi) is 5.94. The molecular formula is C24H30N4O4S. The molecule has 9 heteroatoms. The lowest BCUT2D eigenvalue weighted by Crippen LogP contribution is -2.54. The molecule has 1 saturated carbocycles. The number of methoxy groups -OCH3 is 1. The summed E-state index contributed by atoms with van der Waals surface area (Å²) in [5.74, 6) is 0.300. The molecule has 4 rings (SSSR count). The van der Waals surface area contributed by atoms with Crippen molar-refractivity contribution in [1.29, 1.82) is 0 Å². The van der Waals surface area contributed by atoms with Gasteiger partial charge in [0.15, 0.2) is 5.13 Å². The van der Waals surface area contributed by atoms with Gasteiger partial charge < -0.3 is 15.4 Å². The molecule has 176 valence electrons. The molecule has 1 aromatic carbocycles. The summed E-state index contributed by atoms with van der Waals surface area (Å²) in [5.41, 5.74) is 0.702. The Hall–Kier alpha value is -2.94. The zero-order chi connectivity index (χ0) is 24.0. The van der Waals surface area contributed by atoms with Crippen LogP contribution in [0, 0.1) is 18.3 Å². The number of imide groups is 1. The van der Waals surface area contributed by atoms with Gasteiger partial charge in [-0.2, -0.15) is 0 Å². The molecule has 33 heavy (non-hydrogen) atoms. The van der Waals surface area contributed by atoms with Crippen molar-refractivity contribution in [2.75, 3.05) is 19.0 Å². The van der Waals surface area contributed by atoms with Gasteiger partial charge >= 0.3 is 6.03 Å². The Balaban J connectivity index is 1.45. The van der Waals surface area contributed by atoms with Crippen molar-refractivity contribution < 1.29 is 19.1 Å². The maximum atomic E-state index is 13.2. The van der Waals surface area contributed by atoms with E-state index < -0.39 is 17.5 Å². The molecule has 0 radical (unpaired) electrons. The summed E-state index contributed by atoms with van der Waals surface area (Å²) >= 11 is 1.35. The maximum absolute atomic E-state index is 13.2. The summed E-state index contributed by atoms with van der Waals surface area (Å²) in [7, 11) is 1.61. The van der Waals surface area contributed by atoms with Crippen molar-refractivity contribution in [3.63, 3.8) is 0 Å². The number of aryl methyl sites for hydroxylation is 1. The molecule has 8 nitrogen and oxygen atoms in total. The highest BCUT2D eigenvalue weighted by atomic mass is 32.1. The maximum Gasteiger partial charge on any atom is 0.325 e. The van der Waals surface area contributed by atoms with E-state index in [4.69, 9.17) is 4.74 Å². The second kappa shape index (κ2) is 8.44. The Labute approximate surface area is 197 Å². The molecule has 2 unspecified atom stereocenters. The number of amides is 4. The molecule has 1 saturated heterocycles. The summed E-state index contributed by atoms with van der Waals surface area (Å²) in [6, 6.07) is 7.02. The second-order valence-electron chi connectivity index (χ2n) is 9.96. The molecule has 4 amide bonds. The smallest absolute Gasteiger partial charge is 0.325 e. The Morgan fingerprint density at radius 3 is 2.61 bits per heavy atom. The van der Waals surface area contributed by atoms with E-state index in [0.717, 1.165) is 33.2 Å². The van der Waals surface area contributed by atoms with Crippen LogP contribution in [-0.2, 0) is 9.59 Å². The first-order valence-corrected chi connectivity index (χ1v) is 11.9. The normalized spacial score (nSPS) is 24.2. The number of nitrogens with zero attached hydrogens (tertiary/aromatic N) is 2. The van der Waals surface area contributed by atoms with Crippen molar-refractivity contribution in [3.05, 3.63) is 29.1 Å². The van der Waals surface area contributed by atoms with Gasteiger partial charge in [-0.05, 0) is 61.8 Å². The molecule has 2 N–H and O–H groups in total. The van der Waals surface area contributed by atoms with Crippen LogP contribution < -0.4 is 15.4 Å². The number of carbonyl (C=O) groups excluding carboxylic acids is 3. The SMILES string of the molecule is COc1ccc(-c2nc(NC(=O)CN3C(=O)NC4(CC(C)CC(C)(C)C4)C3=O)sc2C)cc1. The van der Waals surface area contributed by atoms with Crippen molar-refractivity contribution in [2.45, 2.75) is 52.5 Å². The zero-order valence-corrected chi connectivity index (χ0v) is 20.5. The summed E-state index contributed by atoms with van der Waals surface area (Å²) in [6.07, 6.45) is 2.16. The van der Waals surface area contributed by atoms with E-state index >= 15 is 0 Å². The number of urea groups is 1. The van der Waals surface area contributed by atoms with Crippen LogP contribution in [0.5, 0.6) is 5.75 Å². The van der Waals surface area contributed by atoms with Gasteiger partial charge in [-0.25, -0.2) is 9.78 Å². The summed E-state index contributed by atoms with van der Waals surface area (Å²) in [6.45, 7) is 7.93. The van der Waals surface area contributed by atoms with Crippen LogP contribution in [0.25, 0.3) is 11.3 Å². The number of benzene rings is 1. The van der Waals surface area contributed by atoms with Gasteiger partial charge in [0.1, 0.15) is 17.8 Å². The fourth-order valence-electron chi connectivity index (χ4n) is 5.42. The third kappa shape index (κ3) is 4.59. The predicted molar refractivity (Wildman–Crippen MR) is 127 cm³/mol. The van der Waals surface area contributed by atoms with Crippen LogP contribution in [0.2, 0.25) is 0 Å². The molecule has 1 spiro atoms. The minimum absolute atomic E-state index is 0.0604. The number of carbonyl (C=O) groups is 3. The molecule has 1 aliphatic heterocycles. The highest BCUT2D eigenvalue weighted by Gasteiger charge is 2.56. The zero-order valence-electron chi connectivity index (χ0n) is 19.7. The average molecular weight is 471 g/mol. The number of hydrogen-bond acceptors (Lipinski definition) is 6. The third-order valence-electron chi connectivity index (χ3n) is 6.33. The van der Waals surface area contributed by atoms with Gasteiger partial charge in [-0.3, -0.25) is 14.5 Å². The molecule has 1 aliphatic carbocycles. The Morgan fingerprint density at radius 2 is 1.97 bits per heavy atom. The van der Waals surface area contributed by atoms with Crippen molar-refractivity contribution in [2.24, 2.45) is 11.3 Å². The predicted octanol–water partition coefficient (Wildman–Crippen LogP) is 4.20. The van der Waals surface area contributed by atoms with Crippen molar-refractivity contribution in [1.82, 2.24) is 15.2 Å². The molecule has 2 aromatic rings. The second-order valence-corrected chi connectivity index (χ2v) is 11.2. The Morgan fingerprint density at radius 1 is 1.27 bits per heavy atom. The molecule has 2 heterocycles. The summed E-state index contributed by atoms with van der Waals surface area (Å²) in [4.78, 5) is 45.2. The topological polar surface area (TPSA) is 101 Å².